The fourth-order valence-electron chi connectivity index (χ4n) is 9.46. The molecule has 0 spiro atoms. The Balaban J connectivity index is 1.32. The molecule has 4 aliphatic carbocycles. The molecule has 1 N–H and O–H groups in total. The van der Waals surface area contributed by atoms with Gasteiger partial charge in [0.25, 0.3) is 0 Å². The summed E-state index contributed by atoms with van der Waals surface area (Å²) < 4.78 is 0. The maximum absolute atomic E-state index is 12.3. The summed E-state index contributed by atoms with van der Waals surface area (Å²) in [5.74, 6) is 4.27. The SMILES string of the molecule is CCN(C)C(=O)CCCCCCCC[C@H]1C[C@]2(C)[C@@H](O)CC[C@H]2[C@@H]2CC[C@H]3CC(=O)CC[C@]3(C)[C@@H]12. The average Bonchev–Trinajstić information content (AvgIpc) is 3.14. The normalized spacial score (nSPS) is 40.7. The van der Waals surface area contributed by atoms with Gasteiger partial charge in [0.2, 0.25) is 5.91 Å². The highest BCUT2D eigenvalue weighted by Gasteiger charge is 2.62. The van der Waals surface area contributed by atoms with Crippen LogP contribution in [-0.4, -0.2) is 41.4 Å². The number of aliphatic hydroxyl groups is 1. The number of unbranched alkanes of at least 4 members (excludes halogenated alkanes) is 5. The predicted octanol–water partition coefficient (Wildman–Crippen LogP) is 6.78. The van der Waals surface area contributed by atoms with E-state index in [1.165, 1.54) is 57.8 Å². The minimum Gasteiger partial charge on any atom is -0.393 e. The lowest BCUT2D eigenvalue weighted by Crippen LogP contribution is -2.57. The number of hydrogen-bond donors (Lipinski definition) is 1. The van der Waals surface area contributed by atoms with Crippen molar-refractivity contribution in [3.63, 3.8) is 0 Å². The number of amides is 1. The van der Waals surface area contributed by atoms with Gasteiger partial charge in [-0.2, -0.15) is 0 Å². The highest BCUT2D eigenvalue weighted by molar-refractivity contribution is 5.79. The molecule has 0 aromatic rings. The summed E-state index contributed by atoms with van der Waals surface area (Å²) in [5, 5.41) is 11.0. The summed E-state index contributed by atoms with van der Waals surface area (Å²) in [5.41, 5.74) is 0.437. The molecule has 0 bridgehead atoms. The molecule has 8 atom stereocenters. The van der Waals surface area contributed by atoms with E-state index in [2.05, 4.69) is 13.8 Å². The Labute approximate surface area is 215 Å². The molecule has 1 amide bonds. The molecule has 4 rings (SSSR count). The zero-order valence-corrected chi connectivity index (χ0v) is 23.2. The summed E-state index contributed by atoms with van der Waals surface area (Å²) in [6.45, 7) is 7.80. The maximum atomic E-state index is 12.3. The molecule has 0 unspecified atom stereocenters. The standard InChI is InChI=1S/C31H53NO3/c1-5-32(4)28(35)13-11-9-7-6-8-10-12-22-21-31(3)26(16-17-27(31)34)25-15-14-23-20-24(33)18-19-30(23,2)29(22)25/h22-23,25-27,29,34H,5-21H2,1-4H3/t22-,23-,25-,26-,27-,29-,30-,31-/m0/s1. The predicted molar refractivity (Wildman–Crippen MR) is 142 cm³/mol. The number of carbonyl (C=O) groups excluding carboxylic acids is 2. The van der Waals surface area contributed by atoms with Crippen LogP contribution in [0.15, 0.2) is 0 Å². The molecule has 0 saturated heterocycles. The first-order valence-electron chi connectivity index (χ1n) is 15.1. The quantitative estimate of drug-likeness (QED) is 0.345. The second kappa shape index (κ2) is 11.2. The molecular weight excluding hydrogens is 434 g/mol. The molecule has 4 fully saturated rings. The van der Waals surface area contributed by atoms with Crippen LogP contribution in [0.3, 0.4) is 0 Å². The van der Waals surface area contributed by atoms with Gasteiger partial charge in [-0.05, 0) is 92.3 Å². The number of nitrogens with zero attached hydrogens (tertiary/aromatic N) is 1. The van der Waals surface area contributed by atoms with Crippen LogP contribution in [0.4, 0.5) is 0 Å². The maximum Gasteiger partial charge on any atom is 0.222 e. The molecule has 0 aromatic heterocycles. The van der Waals surface area contributed by atoms with E-state index in [1.807, 2.05) is 18.9 Å². The van der Waals surface area contributed by atoms with Crippen LogP contribution in [0.2, 0.25) is 0 Å². The first kappa shape index (κ1) is 27.1. The van der Waals surface area contributed by atoms with Crippen molar-refractivity contribution < 1.29 is 14.7 Å². The van der Waals surface area contributed by atoms with Crippen molar-refractivity contribution in [2.45, 2.75) is 130 Å². The third-order valence-electron chi connectivity index (χ3n) is 11.6. The van der Waals surface area contributed by atoms with Crippen molar-refractivity contribution in [2.24, 2.45) is 40.4 Å². The van der Waals surface area contributed by atoms with Crippen LogP contribution < -0.4 is 0 Å². The van der Waals surface area contributed by atoms with Crippen molar-refractivity contribution >= 4 is 11.7 Å². The Morgan fingerprint density at radius 1 is 1.00 bits per heavy atom. The van der Waals surface area contributed by atoms with Gasteiger partial charge in [0.05, 0.1) is 6.10 Å². The molecular formula is C31H53NO3. The molecule has 200 valence electrons. The fourth-order valence-corrected chi connectivity index (χ4v) is 9.46. The Bertz CT molecular complexity index is 752. The Morgan fingerprint density at radius 3 is 2.46 bits per heavy atom. The monoisotopic (exact) mass is 487 g/mol. The molecule has 0 radical (unpaired) electrons. The first-order chi connectivity index (χ1) is 16.7. The number of Topliss-reactive ketones (excluding diaryl/α,β-unsaturated/α-hetero) is 1. The molecule has 35 heavy (non-hydrogen) atoms. The summed E-state index contributed by atoms with van der Waals surface area (Å²) in [7, 11) is 1.89. The molecule has 4 saturated carbocycles. The highest BCUT2D eigenvalue weighted by atomic mass is 16.3. The van der Waals surface area contributed by atoms with E-state index in [0.717, 1.165) is 56.9 Å². The van der Waals surface area contributed by atoms with Crippen molar-refractivity contribution in [1.29, 1.82) is 0 Å². The smallest absolute Gasteiger partial charge is 0.222 e. The molecule has 0 aliphatic heterocycles. The zero-order chi connectivity index (χ0) is 25.2. The topological polar surface area (TPSA) is 57.6 Å². The summed E-state index contributed by atoms with van der Waals surface area (Å²) in [6, 6.07) is 0. The van der Waals surface area contributed by atoms with Crippen molar-refractivity contribution in [3.8, 4) is 0 Å². The lowest BCUT2D eigenvalue weighted by molar-refractivity contribution is -0.159. The molecule has 4 heteroatoms. The van der Waals surface area contributed by atoms with E-state index in [9.17, 15) is 14.7 Å². The molecule has 4 aliphatic rings. The van der Waals surface area contributed by atoms with Crippen LogP contribution in [0, 0.1) is 40.4 Å². The third-order valence-corrected chi connectivity index (χ3v) is 11.6. The van der Waals surface area contributed by atoms with Crippen LogP contribution >= 0.6 is 0 Å². The van der Waals surface area contributed by atoms with E-state index in [1.54, 1.807) is 0 Å². The van der Waals surface area contributed by atoms with Crippen LogP contribution in [0.5, 0.6) is 0 Å². The van der Waals surface area contributed by atoms with E-state index in [4.69, 9.17) is 0 Å². The second-order valence-electron chi connectivity index (χ2n) is 13.5. The van der Waals surface area contributed by atoms with E-state index in [0.29, 0.717) is 35.4 Å². The number of ketones is 1. The van der Waals surface area contributed by atoms with E-state index in [-0.39, 0.29) is 17.4 Å². The number of carbonyl (C=O) groups is 2. The number of hydrogen-bond acceptors (Lipinski definition) is 3. The van der Waals surface area contributed by atoms with Crippen molar-refractivity contribution in [1.82, 2.24) is 4.90 Å². The lowest BCUT2D eigenvalue weighted by Gasteiger charge is -2.62. The minimum atomic E-state index is -0.121. The summed E-state index contributed by atoms with van der Waals surface area (Å²) in [4.78, 5) is 26.1. The van der Waals surface area contributed by atoms with Gasteiger partial charge in [0.1, 0.15) is 5.78 Å². The van der Waals surface area contributed by atoms with Gasteiger partial charge >= 0.3 is 0 Å². The number of rotatable bonds is 10. The lowest BCUT2D eigenvalue weighted by atomic mass is 9.42. The van der Waals surface area contributed by atoms with Crippen molar-refractivity contribution in [3.05, 3.63) is 0 Å². The molecule has 0 aromatic carbocycles. The Hall–Kier alpha value is -0.900. The van der Waals surface area contributed by atoms with Crippen LogP contribution in [0.1, 0.15) is 124 Å². The van der Waals surface area contributed by atoms with Crippen molar-refractivity contribution in [2.75, 3.05) is 13.6 Å². The highest BCUT2D eigenvalue weighted by Crippen LogP contribution is 2.68. The minimum absolute atomic E-state index is 0.109. The molecule has 0 heterocycles. The fraction of sp³-hybridized carbons (Fsp3) is 0.935. The second-order valence-corrected chi connectivity index (χ2v) is 13.5. The van der Waals surface area contributed by atoms with Gasteiger partial charge < -0.3 is 10.0 Å². The average molecular weight is 488 g/mol. The summed E-state index contributed by atoms with van der Waals surface area (Å²) in [6.07, 6.45) is 17.8. The van der Waals surface area contributed by atoms with Gasteiger partial charge in [-0.3, -0.25) is 9.59 Å². The summed E-state index contributed by atoms with van der Waals surface area (Å²) >= 11 is 0. The first-order valence-corrected chi connectivity index (χ1v) is 15.1. The largest absolute Gasteiger partial charge is 0.393 e. The number of fused-ring (bicyclic) bond motifs is 5. The van der Waals surface area contributed by atoms with Crippen LogP contribution in [-0.2, 0) is 9.59 Å². The van der Waals surface area contributed by atoms with Gasteiger partial charge in [-0.25, -0.2) is 0 Å². The molecule has 4 nitrogen and oxygen atoms in total. The third kappa shape index (κ3) is 5.39. The zero-order valence-electron chi connectivity index (χ0n) is 23.2. The Kier molecular flexibility index (Phi) is 8.71. The van der Waals surface area contributed by atoms with E-state index >= 15 is 0 Å². The Morgan fingerprint density at radius 2 is 1.71 bits per heavy atom. The van der Waals surface area contributed by atoms with E-state index < -0.39 is 0 Å². The number of aliphatic hydroxyl groups excluding tert-OH is 1. The van der Waals surface area contributed by atoms with Gasteiger partial charge in [0, 0.05) is 32.9 Å². The van der Waals surface area contributed by atoms with Gasteiger partial charge in [-0.15, -0.1) is 0 Å². The van der Waals surface area contributed by atoms with Gasteiger partial charge in [0.15, 0.2) is 0 Å². The van der Waals surface area contributed by atoms with Crippen LogP contribution in [0.25, 0.3) is 0 Å². The van der Waals surface area contributed by atoms with Gasteiger partial charge in [-0.1, -0.05) is 52.4 Å².